The van der Waals surface area contributed by atoms with E-state index in [1.54, 1.807) is 6.07 Å². The Morgan fingerprint density at radius 2 is 1.91 bits per heavy atom. The number of nitrogens with zero attached hydrogens (tertiary/aromatic N) is 2. The number of hydrogen-bond acceptors (Lipinski definition) is 6. The molecule has 1 spiro atoms. The fourth-order valence-corrected chi connectivity index (χ4v) is 9.32. The molecule has 2 fully saturated rings. The van der Waals surface area contributed by atoms with Crippen LogP contribution in [0.2, 0.25) is 0 Å². The summed E-state index contributed by atoms with van der Waals surface area (Å²) in [6.45, 7) is 11.3. The molecule has 7 heteroatoms. The first kappa shape index (κ1) is 31.7. The van der Waals surface area contributed by atoms with Gasteiger partial charge in [-0.25, -0.2) is 0 Å². The SMILES string of the molecule is C=CCN1CC[C@]23c4c5c(O)cc(OC(C)=O)c4O[C@H]2[C@H](N(C(=O)CCCCCCCc2ccccc2)C(C)C)CC[C@H]3[C@H]1C5. The van der Waals surface area contributed by atoms with Gasteiger partial charge < -0.3 is 19.5 Å². The molecule has 0 unspecified atom stereocenters. The first-order valence-corrected chi connectivity index (χ1v) is 17.2. The Labute approximate surface area is 268 Å². The van der Waals surface area contributed by atoms with Gasteiger partial charge in [0, 0.05) is 54.6 Å². The third kappa shape index (κ3) is 5.77. The monoisotopic (exact) mass is 614 g/mol. The molecule has 6 rings (SSSR count). The van der Waals surface area contributed by atoms with Crippen LogP contribution in [0, 0.1) is 5.92 Å². The molecule has 2 heterocycles. The third-order valence-corrected chi connectivity index (χ3v) is 11.0. The van der Waals surface area contributed by atoms with Crippen molar-refractivity contribution in [3.63, 3.8) is 0 Å². The molecule has 2 aromatic carbocycles. The Hall–Kier alpha value is -3.32. The zero-order chi connectivity index (χ0) is 31.7. The van der Waals surface area contributed by atoms with Gasteiger partial charge in [0.25, 0.3) is 0 Å². The molecule has 1 N–H and O–H groups in total. The fraction of sp³-hybridized carbons (Fsp3) is 0.579. The smallest absolute Gasteiger partial charge is 0.308 e. The predicted octanol–water partition coefficient (Wildman–Crippen LogP) is 6.73. The van der Waals surface area contributed by atoms with E-state index >= 15 is 0 Å². The lowest BCUT2D eigenvalue weighted by atomic mass is 9.50. The number of aryl methyl sites for hydroxylation is 1. The summed E-state index contributed by atoms with van der Waals surface area (Å²) in [5.41, 5.74) is 2.99. The number of unbranched alkanes of at least 4 members (excludes halogenated alkanes) is 4. The first-order chi connectivity index (χ1) is 21.8. The van der Waals surface area contributed by atoms with E-state index in [2.05, 4.69) is 60.6 Å². The molecule has 7 nitrogen and oxygen atoms in total. The number of aromatic hydroxyl groups is 1. The molecule has 2 aliphatic carbocycles. The number of phenols is 1. The highest BCUT2D eigenvalue weighted by atomic mass is 16.6. The number of carbonyl (C=O) groups is 2. The number of hydrogen-bond donors (Lipinski definition) is 1. The molecule has 0 aromatic heterocycles. The van der Waals surface area contributed by atoms with Gasteiger partial charge in [0.2, 0.25) is 5.91 Å². The Morgan fingerprint density at radius 1 is 1.16 bits per heavy atom. The standard InChI is InChI=1S/C38H50N2O5/c1-5-21-39-22-20-38-29-18-19-30(37(38)45-36-33(44-26(4)41)24-32(42)28(35(36)38)23-31(29)39)40(25(2)3)34(43)17-13-8-6-7-10-14-27-15-11-9-12-16-27/h5,9,11-12,15-16,24-25,29-31,37,42H,1,6-8,10,13-14,17-23H2,2-4H3/t29-,30+,31+,37-,38-/m0/s1. The van der Waals surface area contributed by atoms with Crippen LogP contribution in [-0.2, 0) is 27.8 Å². The van der Waals surface area contributed by atoms with E-state index in [1.165, 1.54) is 25.3 Å². The van der Waals surface area contributed by atoms with Crippen molar-refractivity contribution in [2.45, 2.75) is 121 Å². The lowest BCUT2D eigenvalue weighted by Crippen LogP contribution is -2.69. The number of amides is 1. The van der Waals surface area contributed by atoms with E-state index in [0.29, 0.717) is 23.8 Å². The van der Waals surface area contributed by atoms with Crippen LogP contribution < -0.4 is 9.47 Å². The molecule has 242 valence electrons. The topological polar surface area (TPSA) is 79.3 Å². The highest BCUT2D eigenvalue weighted by Gasteiger charge is 2.67. The summed E-state index contributed by atoms with van der Waals surface area (Å²) in [6, 6.07) is 12.4. The Bertz CT molecular complexity index is 1410. The molecule has 2 aliphatic heterocycles. The Balaban J connectivity index is 1.21. The number of piperidine rings is 1. The van der Waals surface area contributed by atoms with E-state index < -0.39 is 5.97 Å². The summed E-state index contributed by atoms with van der Waals surface area (Å²) in [4.78, 5) is 30.7. The summed E-state index contributed by atoms with van der Waals surface area (Å²) in [6.07, 6.45) is 12.3. The fourth-order valence-electron chi connectivity index (χ4n) is 9.32. The van der Waals surface area contributed by atoms with Crippen molar-refractivity contribution < 1.29 is 24.2 Å². The normalized spacial score (nSPS) is 26.2. The second kappa shape index (κ2) is 13.2. The van der Waals surface area contributed by atoms with Crippen molar-refractivity contribution in [2.75, 3.05) is 13.1 Å². The van der Waals surface area contributed by atoms with Gasteiger partial charge in [0.15, 0.2) is 11.5 Å². The number of rotatable bonds is 13. The van der Waals surface area contributed by atoms with Crippen LogP contribution in [0.15, 0.2) is 49.1 Å². The highest BCUT2D eigenvalue weighted by Crippen LogP contribution is 2.65. The quantitative estimate of drug-likeness (QED) is 0.117. The van der Waals surface area contributed by atoms with Crippen LogP contribution in [0.4, 0.5) is 0 Å². The van der Waals surface area contributed by atoms with Crippen molar-refractivity contribution >= 4 is 11.9 Å². The van der Waals surface area contributed by atoms with E-state index in [-0.39, 0.29) is 41.3 Å². The van der Waals surface area contributed by atoms with Crippen molar-refractivity contribution in [1.82, 2.24) is 9.80 Å². The van der Waals surface area contributed by atoms with Crippen LogP contribution in [0.1, 0.15) is 95.2 Å². The van der Waals surface area contributed by atoms with E-state index in [0.717, 1.165) is 75.6 Å². The van der Waals surface area contributed by atoms with Gasteiger partial charge in [-0.2, -0.15) is 0 Å². The minimum absolute atomic E-state index is 0.0368. The van der Waals surface area contributed by atoms with Crippen molar-refractivity contribution in [3.8, 4) is 17.2 Å². The summed E-state index contributed by atoms with van der Waals surface area (Å²) >= 11 is 0. The molecular formula is C38H50N2O5. The molecule has 1 saturated carbocycles. The van der Waals surface area contributed by atoms with Crippen molar-refractivity contribution in [3.05, 3.63) is 65.7 Å². The minimum Gasteiger partial charge on any atom is -0.508 e. The van der Waals surface area contributed by atoms with Gasteiger partial charge in [-0.3, -0.25) is 14.5 Å². The number of ether oxygens (including phenoxy) is 2. The summed E-state index contributed by atoms with van der Waals surface area (Å²) < 4.78 is 12.6. The molecule has 4 aliphatic rings. The molecular weight excluding hydrogens is 564 g/mol. The van der Waals surface area contributed by atoms with Crippen LogP contribution in [-0.4, -0.2) is 64.1 Å². The van der Waals surface area contributed by atoms with E-state index in [1.807, 2.05) is 6.08 Å². The number of carbonyl (C=O) groups excluding carboxylic acids is 2. The number of likely N-dealkylation sites (tertiary alicyclic amines) is 1. The minimum atomic E-state index is -0.441. The molecule has 2 aromatic rings. The lowest BCUT2D eigenvalue weighted by Gasteiger charge is -2.60. The van der Waals surface area contributed by atoms with E-state index in [4.69, 9.17) is 9.47 Å². The molecule has 1 saturated heterocycles. The Kier molecular flexibility index (Phi) is 9.28. The second-order valence-corrected chi connectivity index (χ2v) is 14.0. The van der Waals surface area contributed by atoms with Crippen LogP contribution in [0.25, 0.3) is 0 Å². The molecule has 2 bridgehead atoms. The number of phenolic OH excluding ortho intramolecular Hbond substituents is 1. The van der Waals surface area contributed by atoms with Crippen LogP contribution >= 0.6 is 0 Å². The van der Waals surface area contributed by atoms with Crippen molar-refractivity contribution in [1.29, 1.82) is 0 Å². The number of benzene rings is 2. The molecule has 0 radical (unpaired) electrons. The maximum Gasteiger partial charge on any atom is 0.308 e. The van der Waals surface area contributed by atoms with E-state index in [9.17, 15) is 14.7 Å². The number of esters is 1. The van der Waals surface area contributed by atoms with Crippen LogP contribution in [0.3, 0.4) is 0 Å². The lowest BCUT2D eigenvalue weighted by molar-refractivity contribution is -0.145. The average molecular weight is 615 g/mol. The van der Waals surface area contributed by atoms with Gasteiger partial charge in [-0.15, -0.1) is 6.58 Å². The largest absolute Gasteiger partial charge is 0.508 e. The maximum absolute atomic E-state index is 14.0. The summed E-state index contributed by atoms with van der Waals surface area (Å²) in [7, 11) is 0. The van der Waals surface area contributed by atoms with Gasteiger partial charge in [0.1, 0.15) is 11.9 Å². The first-order valence-electron chi connectivity index (χ1n) is 17.2. The van der Waals surface area contributed by atoms with Gasteiger partial charge in [-0.1, -0.05) is 55.7 Å². The van der Waals surface area contributed by atoms with Crippen LogP contribution in [0.5, 0.6) is 17.2 Å². The third-order valence-electron chi connectivity index (χ3n) is 11.0. The van der Waals surface area contributed by atoms with Gasteiger partial charge in [0.05, 0.1) is 6.04 Å². The zero-order valence-corrected chi connectivity index (χ0v) is 27.3. The predicted molar refractivity (Wildman–Crippen MR) is 176 cm³/mol. The molecule has 1 amide bonds. The average Bonchev–Trinajstić information content (AvgIpc) is 3.35. The highest BCUT2D eigenvalue weighted by molar-refractivity contribution is 5.77. The maximum atomic E-state index is 14.0. The van der Waals surface area contributed by atoms with Gasteiger partial charge in [-0.05, 0) is 76.8 Å². The zero-order valence-electron chi connectivity index (χ0n) is 27.3. The molecule has 5 atom stereocenters. The Morgan fingerprint density at radius 3 is 2.64 bits per heavy atom. The molecule has 45 heavy (non-hydrogen) atoms. The second-order valence-electron chi connectivity index (χ2n) is 14.0. The summed E-state index contributed by atoms with van der Waals surface area (Å²) in [5, 5.41) is 11.3. The van der Waals surface area contributed by atoms with Gasteiger partial charge >= 0.3 is 5.97 Å². The summed E-state index contributed by atoms with van der Waals surface area (Å²) in [5.74, 6) is 1.15. The van der Waals surface area contributed by atoms with Crippen molar-refractivity contribution in [2.24, 2.45) is 5.92 Å².